The molecular formula is C16H19ClN2O2. The maximum Gasteiger partial charge on any atom is 0.219 e. The number of hydrogen-bond acceptors (Lipinski definition) is 4. The van der Waals surface area contributed by atoms with Crippen molar-refractivity contribution in [3.63, 3.8) is 0 Å². The topological polar surface area (TPSA) is 43.4 Å². The summed E-state index contributed by atoms with van der Waals surface area (Å²) in [6.45, 7) is 1.82. The van der Waals surface area contributed by atoms with Gasteiger partial charge in [-0.2, -0.15) is 0 Å². The molecule has 1 aliphatic heterocycles. The summed E-state index contributed by atoms with van der Waals surface area (Å²) >= 11 is 0. The molecule has 4 nitrogen and oxygen atoms in total. The molecule has 0 spiro atoms. The van der Waals surface area contributed by atoms with Crippen LogP contribution < -0.4 is 14.8 Å². The Bertz CT molecular complexity index is 528. The van der Waals surface area contributed by atoms with E-state index >= 15 is 0 Å². The molecule has 21 heavy (non-hydrogen) atoms. The smallest absolute Gasteiger partial charge is 0.219 e. The molecular weight excluding hydrogens is 288 g/mol. The fourth-order valence-electron chi connectivity index (χ4n) is 2.23. The standard InChI is InChI=1S/C16H18N2O2.ClH/c1-2-10-18-16(5-1)20-15-8-6-14(7-9-15)19-12-13-4-3-11-17-13;/h1-2,5-10,13,17H,3-4,11-12H2;1H. The second-order valence-corrected chi connectivity index (χ2v) is 4.85. The Morgan fingerprint density at radius 1 is 1.10 bits per heavy atom. The minimum Gasteiger partial charge on any atom is -0.492 e. The monoisotopic (exact) mass is 306 g/mol. The summed E-state index contributed by atoms with van der Waals surface area (Å²) in [7, 11) is 0. The van der Waals surface area contributed by atoms with Crippen LogP contribution in [0.3, 0.4) is 0 Å². The van der Waals surface area contributed by atoms with Crippen LogP contribution in [-0.2, 0) is 0 Å². The lowest BCUT2D eigenvalue weighted by atomic mass is 10.2. The molecule has 1 atom stereocenters. The molecule has 112 valence electrons. The number of halogens is 1. The number of aromatic nitrogens is 1. The van der Waals surface area contributed by atoms with Gasteiger partial charge in [-0.05, 0) is 49.7 Å². The summed E-state index contributed by atoms with van der Waals surface area (Å²) in [6.07, 6.45) is 4.15. The van der Waals surface area contributed by atoms with Crippen molar-refractivity contribution in [3.8, 4) is 17.4 Å². The molecule has 1 aromatic heterocycles. The first-order valence-electron chi connectivity index (χ1n) is 6.95. The van der Waals surface area contributed by atoms with Gasteiger partial charge in [0.15, 0.2) is 0 Å². The normalized spacial score (nSPS) is 17.0. The van der Waals surface area contributed by atoms with E-state index in [0.29, 0.717) is 11.9 Å². The Kier molecular flexibility index (Phi) is 5.84. The molecule has 0 radical (unpaired) electrons. The molecule has 5 heteroatoms. The average Bonchev–Trinajstić information content (AvgIpc) is 3.01. The Balaban J connectivity index is 0.00000161. The van der Waals surface area contributed by atoms with E-state index in [2.05, 4.69) is 10.3 Å². The van der Waals surface area contributed by atoms with Gasteiger partial charge in [-0.25, -0.2) is 4.98 Å². The summed E-state index contributed by atoms with van der Waals surface area (Å²) in [5.74, 6) is 2.22. The number of pyridine rings is 1. The van der Waals surface area contributed by atoms with Crippen LogP contribution in [-0.4, -0.2) is 24.2 Å². The van der Waals surface area contributed by atoms with E-state index in [-0.39, 0.29) is 12.4 Å². The first-order valence-corrected chi connectivity index (χ1v) is 6.95. The number of rotatable bonds is 5. The molecule has 1 unspecified atom stereocenters. The molecule has 1 N–H and O–H groups in total. The van der Waals surface area contributed by atoms with Gasteiger partial charge in [0.05, 0.1) is 0 Å². The van der Waals surface area contributed by atoms with Crippen molar-refractivity contribution in [1.82, 2.24) is 10.3 Å². The first-order chi connectivity index (χ1) is 9.90. The minimum absolute atomic E-state index is 0. The summed E-state index contributed by atoms with van der Waals surface area (Å²) in [6, 6.07) is 13.7. The third-order valence-corrected chi connectivity index (χ3v) is 3.30. The SMILES string of the molecule is Cl.c1ccc(Oc2ccc(OCC3CCCN3)cc2)nc1. The number of benzene rings is 1. The number of ether oxygens (including phenoxy) is 2. The van der Waals surface area contributed by atoms with Gasteiger partial charge in [0.25, 0.3) is 0 Å². The average molecular weight is 307 g/mol. The van der Waals surface area contributed by atoms with Crippen molar-refractivity contribution in [2.45, 2.75) is 18.9 Å². The van der Waals surface area contributed by atoms with Crippen molar-refractivity contribution < 1.29 is 9.47 Å². The fraction of sp³-hybridized carbons (Fsp3) is 0.312. The van der Waals surface area contributed by atoms with Gasteiger partial charge < -0.3 is 14.8 Å². The zero-order valence-electron chi connectivity index (χ0n) is 11.7. The van der Waals surface area contributed by atoms with Gasteiger partial charge in [0.1, 0.15) is 18.1 Å². The highest BCUT2D eigenvalue weighted by Gasteiger charge is 2.14. The number of nitrogens with zero attached hydrogens (tertiary/aromatic N) is 1. The molecule has 1 saturated heterocycles. The third kappa shape index (κ3) is 4.62. The van der Waals surface area contributed by atoms with Crippen LogP contribution in [0, 0.1) is 0 Å². The van der Waals surface area contributed by atoms with E-state index in [1.807, 2.05) is 42.5 Å². The third-order valence-electron chi connectivity index (χ3n) is 3.30. The van der Waals surface area contributed by atoms with Crippen molar-refractivity contribution in [2.24, 2.45) is 0 Å². The molecule has 0 aliphatic carbocycles. The second-order valence-electron chi connectivity index (χ2n) is 4.85. The van der Waals surface area contributed by atoms with Gasteiger partial charge in [-0.1, -0.05) is 6.07 Å². The van der Waals surface area contributed by atoms with E-state index < -0.39 is 0 Å². The van der Waals surface area contributed by atoms with Crippen LogP contribution in [0.25, 0.3) is 0 Å². The van der Waals surface area contributed by atoms with Crippen molar-refractivity contribution in [2.75, 3.05) is 13.2 Å². The van der Waals surface area contributed by atoms with Crippen molar-refractivity contribution in [3.05, 3.63) is 48.7 Å². The first kappa shape index (κ1) is 15.6. The Morgan fingerprint density at radius 2 is 1.90 bits per heavy atom. The maximum atomic E-state index is 5.76. The van der Waals surface area contributed by atoms with E-state index in [1.165, 1.54) is 12.8 Å². The summed E-state index contributed by atoms with van der Waals surface area (Å²) in [4.78, 5) is 4.12. The quantitative estimate of drug-likeness (QED) is 0.919. The fourth-order valence-corrected chi connectivity index (χ4v) is 2.23. The van der Waals surface area contributed by atoms with Crippen LogP contribution in [0.4, 0.5) is 0 Å². The van der Waals surface area contributed by atoms with Gasteiger partial charge in [0.2, 0.25) is 5.88 Å². The Morgan fingerprint density at radius 3 is 2.57 bits per heavy atom. The molecule has 1 aromatic carbocycles. The number of nitrogens with one attached hydrogen (secondary N) is 1. The lowest BCUT2D eigenvalue weighted by Gasteiger charge is -2.12. The van der Waals surface area contributed by atoms with E-state index in [4.69, 9.17) is 9.47 Å². The number of hydrogen-bond donors (Lipinski definition) is 1. The summed E-state index contributed by atoms with van der Waals surface area (Å²) < 4.78 is 11.4. The Hall–Kier alpha value is -1.78. The molecule has 3 rings (SSSR count). The molecule has 0 bridgehead atoms. The summed E-state index contributed by atoms with van der Waals surface area (Å²) in [5.41, 5.74) is 0. The second kappa shape index (κ2) is 7.86. The lowest BCUT2D eigenvalue weighted by Crippen LogP contribution is -2.28. The van der Waals surface area contributed by atoms with Crippen LogP contribution in [0.2, 0.25) is 0 Å². The molecule has 2 aromatic rings. The highest BCUT2D eigenvalue weighted by molar-refractivity contribution is 5.85. The van der Waals surface area contributed by atoms with E-state index in [0.717, 1.165) is 24.7 Å². The summed E-state index contributed by atoms with van der Waals surface area (Å²) in [5, 5.41) is 3.41. The zero-order valence-corrected chi connectivity index (χ0v) is 12.5. The minimum atomic E-state index is 0. The largest absolute Gasteiger partial charge is 0.492 e. The molecule has 0 amide bonds. The lowest BCUT2D eigenvalue weighted by molar-refractivity contribution is 0.277. The van der Waals surface area contributed by atoms with Gasteiger partial charge in [-0.3, -0.25) is 0 Å². The van der Waals surface area contributed by atoms with Gasteiger partial charge in [-0.15, -0.1) is 12.4 Å². The van der Waals surface area contributed by atoms with Crippen molar-refractivity contribution in [1.29, 1.82) is 0 Å². The molecule has 1 fully saturated rings. The van der Waals surface area contributed by atoms with Crippen LogP contribution in [0.15, 0.2) is 48.7 Å². The van der Waals surface area contributed by atoms with Crippen LogP contribution in [0.5, 0.6) is 17.4 Å². The zero-order chi connectivity index (χ0) is 13.6. The Labute approximate surface area is 130 Å². The predicted octanol–water partition coefficient (Wildman–Crippen LogP) is 3.43. The van der Waals surface area contributed by atoms with Crippen LogP contribution in [0.1, 0.15) is 12.8 Å². The molecule has 1 aliphatic rings. The highest BCUT2D eigenvalue weighted by atomic mass is 35.5. The van der Waals surface area contributed by atoms with Gasteiger partial charge in [0, 0.05) is 18.3 Å². The van der Waals surface area contributed by atoms with Crippen molar-refractivity contribution >= 4 is 12.4 Å². The van der Waals surface area contributed by atoms with Gasteiger partial charge >= 0.3 is 0 Å². The van der Waals surface area contributed by atoms with E-state index in [1.54, 1.807) is 6.20 Å². The highest BCUT2D eigenvalue weighted by Crippen LogP contribution is 2.22. The molecule has 2 heterocycles. The van der Waals surface area contributed by atoms with E-state index in [9.17, 15) is 0 Å². The van der Waals surface area contributed by atoms with Crippen LogP contribution >= 0.6 is 12.4 Å². The maximum absolute atomic E-state index is 5.76. The predicted molar refractivity (Wildman–Crippen MR) is 84.5 cm³/mol. The molecule has 0 saturated carbocycles.